The fraction of sp³-hybridized carbons (Fsp3) is 0.846. The molecule has 1 fully saturated rings. The second-order valence-corrected chi connectivity index (χ2v) is 8.40. The Morgan fingerprint density at radius 3 is 2.38 bits per heavy atom. The summed E-state index contributed by atoms with van der Waals surface area (Å²) in [4.78, 5) is 24.7. The lowest BCUT2D eigenvalue weighted by Gasteiger charge is -2.24. The van der Waals surface area contributed by atoms with Crippen LogP contribution in [-0.4, -0.2) is 62.7 Å². The molecule has 0 radical (unpaired) electrons. The van der Waals surface area contributed by atoms with Gasteiger partial charge >= 0.3 is 12.1 Å². The van der Waals surface area contributed by atoms with Crippen molar-refractivity contribution in [3.8, 4) is 0 Å². The van der Waals surface area contributed by atoms with E-state index in [-0.39, 0.29) is 24.7 Å². The van der Waals surface area contributed by atoms with Crippen molar-refractivity contribution in [1.29, 1.82) is 0 Å². The first-order valence-electron chi connectivity index (χ1n) is 6.81. The van der Waals surface area contributed by atoms with Crippen molar-refractivity contribution >= 4 is 21.9 Å². The number of carbonyl (C=O) groups excluding carboxylic acids is 2. The summed E-state index contributed by atoms with van der Waals surface area (Å²) in [5.41, 5.74) is -0.583. The summed E-state index contributed by atoms with van der Waals surface area (Å²) in [5, 5.41) is 0. The van der Waals surface area contributed by atoms with Crippen molar-refractivity contribution in [2.75, 3.05) is 31.7 Å². The number of sulfone groups is 1. The summed E-state index contributed by atoms with van der Waals surface area (Å²) >= 11 is 0. The van der Waals surface area contributed by atoms with E-state index < -0.39 is 33.4 Å². The van der Waals surface area contributed by atoms with Crippen LogP contribution in [0.25, 0.3) is 0 Å². The van der Waals surface area contributed by atoms with Crippen molar-refractivity contribution in [2.24, 2.45) is 5.92 Å². The average Bonchev–Trinajstić information content (AvgIpc) is 2.67. The third-order valence-corrected chi connectivity index (χ3v) is 4.71. The first kappa shape index (κ1) is 17.7. The molecule has 1 aliphatic rings. The number of likely N-dealkylation sites (N-methyl/N-ethyl adjacent to an activating group) is 1. The standard InChI is InChI=1S/C13H23NO6S/c1-13(2,3)20-12(16)14(4)6-7-19-11(15)10-5-8-21(17,18)9-10/h10H,5-9H2,1-4H3/t10-/m0/s1. The zero-order valence-corrected chi connectivity index (χ0v) is 13.7. The van der Waals surface area contributed by atoms with Crippen LogP contribution in [-0.2, 0) is 24.1 Å². The Morgan fingerprint density at radius 1 is 1.29 bits per heavy atom. The predicted octanol–water partition coefficient (Wildman–Crippen LogP) is 0.831. The predicted molar refractivity (Wildman–Crippen MR) is 76.6 cm³/mol. The number of esters is 1. The number of ether oxygens (including phenoxy) is 2. The highest BCUT2D eigenvalue weighted by molar-refractivity contribution is 7.91. The molecule has 0 aromatic heterocycles. The van der Waals surface area contributed by atoms with Crippen molar-refractivity contribution < 1.29 is 27.5 Å². The van der Waals surface area contributed by atoms with Gasteiger partial charge in [0.25, 0.3) is 0 Å². The number of nitrogens with zero attached hydrogens (tertiary/aromatic N) is 1. The van der Waals surface area contributed by atoms with Gasteiger partial charge in [-0.2, -0.15) is 0 Å². The van der Waals surface area contributed by atoms with E-state index in [1.807, 2.05) is 0 Å². The maximum absolute atomic E-state index is 11.7. The Labute approximate surface area is 125 Å². The van der Waals surface area contributed by atoms with E-state index in [4.69, 9.17) is 9.47 Å². The molecule has 1 atom stereocenters. The lowest BCUT2D eigenvalue weighted by Crippen LogP contribution is -2.36. The minimum Gasteiger partial charge on any atom is -0.464 e. The lowest BCUT2D eigenvalue weighted by atomic mass is 10.1. The molecule has 21 heavy (non-hydrogen) atoms. The Balaban J connectivity index is 2.30. The summed E-state index contributed by atoms with van der Waals surface area (Å²) in [6.45, 7) is 5.50. The summed E-state index contributed by atoms with van der Waals surface area (Å²) in [5.74, 6) is -1.21. The van der Waals surface area contributed by atoms with E-state index in [0.29, 0.717) is 6.42 Å². The van der Waals surface area contributed by atoms with Crippen LogP contribution < -0.4 is 0 Å². The second-order valence-electron chi connectivity index (χ2n) is 6.17. The van der Waals surface area contributed by atoms with Crippen LogP contribution in [0, 0.1) is 5.92 Å². The van der Waals surface area contributed by atoms with Gasteiger partial charge in [0, 0.05) is 7.05 Å². The summed E-state index contributed by atoms with van der Waals surface area (Å²) in [7, 11) is -1.56. The lowest BCUT2D eigenvalue weighted by molar-refractivity contribution is -0.148. The number of hydrogen-bond donors (Lipinski definition) is 0. The van der Waals surface area contributed by atoms with Gasteiger partial charge in [0.2, 0.25) is 0 Å². The van der Waals surface area contributed by atoms with Crippen LogP contribution in [0.4, 0.5) is 4.79 Å². The van der Waals surface area contributed by atoms with E-state index in [1.165, 1.54) is 4.90 Å². The zero-order valence-electron chi connectivity index (χ0n) is 12.9. The average molecular weight is 321 g/mol. The summed E-state index contributed by atoms with van der Waals surface area (Å²) in [6.07, 6.45) is -0.190. The number of amides is 1. The molecule has 0 unspecified atom stereocenters. The first-order valence-corrected chi connectivity index (χ1v) is 8.63. The minimum atomic E-state index is -3.10. The van der Waals surface area contributed by atoms with Gasteiger partial charge in [0.15, 0.2) is 9.84 Å². The van der Waals surface area contributed by atoms with Crippen LogP contribution in [0.15, 0.2) is 0 Å². The van der Waals surface area contributed by atoms with Crippen molar-refractivity contribution in [1.82, 2.24) is 4.90 Å². The molecule has 0 saturated carbocycles. The molecule has 1 saturated heterocycles. The maximum atomic E-state index is 11.7. The topological polar surface area (TPSA) is 90.0 Å². The molecular formula is C13H23NO6S. The zero-order chi connectivity index (χ0) is 16.3. The van der Waals surface area contributed by atoms with Crippen LogP contribution >= 0.6 is 0 Å². The SMILES string of the molecule is CN(CCOC(=O)[C@H]1CCS(=O)(=O)C1)C(=O)OC(C)(C)C. The van der Waals surface area contributed by atoms with Gasteiger partial charge in [0.1, 0.15) is 12.2 Å². The Bertz CT molecular complexity index is 493. The highest BCUT2D eigenvalue weighted by Crippen LogP contribution is 2.19. The van der Waals surface area contributed by atoms with Gasteiger partial charge in [-0.25, -0.2) is 13.2 Å². The molecule has 0 aliphatic carbocycles. The molecular weight excluding hydrogens is 298 g/mol. The van der Waals surface area contributed by atoms with Gasteiger partial charge in [-0.15, -0.1) is 0 Å². The molecule has 8 heteroatoms. The van der Waals surface area contributed by atoms with E-state index in [0.717, 1.165) is 0 Å². The Kier molecular flexibility index (Phi) is 5.61. The van der Waals surface area contributed by atoms with Crippen molar-refractivity contribution in [3.05, 3.63) is 0 Å². The van der Waals surface area contributed by atoms with Crippen molar-refractivity contribution in [2.45, 2.75) is 32.8 Å². The molecule has 1 rings (SSSR count). The van der Waals surface area contributed by atoms with E-state index >= 15 is 0 Å². The van der Waals surface area contributed by atoms with Crippen molar-refractivity contribution in [3.63, 3.8) is 0 Å². The third kappa shape index (κ3) is 6.33. The quantitative estimate of drug-likeness (QED) is 0.713. The van der Waals surface area contributed by atoms with Crippen LogP contribution in [0.2, 0.25) is 0 Å². The van der Waals surface area contributed by atoms with E-state index in [9.17, 15) is 18.0 Å². The number of rotatable bonds is 4. The minimum absolute atomic E-state index is 0.0190. The largest absolute Gasteiger partial charge is 0.464 e. The molecule has 1 heterocycles. The maximum Gasteiger partial charge on any atom is 0.410 e. The van der Waals surface area contributed by atoms with Gasteiger partial charge in [0.05, 0.1) is 24.0 Å². The highest BCUT2D eigenvalue weighted by atomic mass is 32.2. The fourth-order valence-electron chi connectivity index (χ4n) is 1.81. The Morgan fingerprint density at radius 2 is 1.90 bits per heavy atom. The molecule has 7 nitrogen and oxygen atoms in total. The first-order chi connectivity index (χ1) is 9.50. The summed E-state index contributed by atoms with van der Waals surface area (Å²) < 4.78 is 32.7. The van der Waals surface area contributed by atoms with Gasteiger partial charge in [-0.05, 0) is 27.2 Å². The van der Waals surface area contributed by atoms with Gasteiger partial charge < -0.3 is 14.4 Å². The van der Waals surface area contributed by atoms with Gasteiger partial charge in [-0.1, -0.05) is 0 Å². The highest BCUT2D eigenvalue weighted by Gasteiger charge is 2.34. The normalized spacial score (nSPS) is 20.9. The second kappa shape index (κ2) is 6.64. The number of carbonyl (C=O) groups is 2. The fourth-order valence-corrected chi connectivity index (χ4v) is 3.54. The van der Waals surface area contributed by atoms with Gasteiger partial charge in [-0.3, -0.25) is 4.79 Å². The molecule has 0 aromatic rings. The summed E-state index contributed by atoms with van der Waals surface area (Å²) in [6, 6.07) is 0. The third-order valence-electron chi connectivity index (χ3n) is 2.94. The number of hydrogen-bond acceptors (Lipinski definition) is 6. The van der Waals surface area contributed by atoms with Crippen LogP contribution in [0.1, 0.15) is 27.2 Å². The molecule has 0 bridgehead atoms. The van der Waals surface area contributed by atoms with Crippen LogP contribution in [0.3, 0.4) is 0 Å². The molecule has 0 N–H and O–H groups in total. The molecule has 0 spiro atoms. The van der Waals surface area contributed by atoms with Crippen LogP contribution in [0.5, 0.6) is 0 Å². The van der Waals surface area contributed by atoms with E-state index in [1.54, 1.807) is 27.8 Å². The molecule has 0 aromatic carbocycles. The molecule has 1 aliphatic heterocycles. The Hall–Kier alpha value is -1.31. The van der Waals surface area contributed by atoms with E-state index in [2.05, 4.69) is 0 Å². The monoisotopic (exact) mass is 321 g/mol. The molecule has 122 valence electrons. The smallest absolute Gasteiger partial charge is 0.410 e. The molecule has 1 amide bonds.